The molecule has 0 bridgehead atoms. The topological polar surface area (TPSA) is 85.4 Å². The third-order valence-corrected chi connectivity index (χ3v) is 5.36. The Morgan fingerprint density at radius 2 is 2.04 bits per heavy atom. The molecular formula is C20H27N3O3. The van der Waals surface area contributed by atoms with Gasteiger partial charge in [-0.1, -0.05) is 32.0 Å². The van der Waals surface area contributed by atoms with E-state index < -0.39 is 5.97 Å². The molecule has 1 aromatic carbocycles. The number of aromatic nitrogens is 1. The van der Waals surface area contributed by atoms with E-state index in [1.165, 1.54) is 5.56 Å². The molecule has 0 saturated heterocycles. The van der Waals surface area contributed by atoms with E-state index in [2.05, 4.69) is 29.4 Å². The van der Waals surface area contributed by atoms with Crippen molar-refractivity contribution in [3.63, 3.8) is 0 Å². The minimum atomic E-state index is -0.801. The number of carboxylic acids is 1. The van der Waals surface area contributed by atoms with Gasteiger partial charge in [0.05, 0.1) is 13.0 Å². The maximum Gasteiger partial charge on any atom is 0.317 e. The molecule has 3 rings (SSSR count). The molecule has 1 amide bonds. The van der Waals surface area contributed by atoms with Gasteiger partial charge in [0.2, 0.25) is 5.91 Å². The first-order chi connectivity index (χ1) is 12.5. The fraction of sp³-hybridized carbons (Fsp3) is 0.500. The molecule has 0 unspecified atom stereocenters. The quantitative estimate of drug-likeness (QED) is 0.677. The minimum Gasteiger partial charge on any atom is -0.480 e. The summed E-state index contributed by atoms with van der Waals surface area (Å²) in [6, 6.07) is 6.59. The first kappa shape index (κ1) is 18.5. The number of hydrogen-bond acceptors (Lipinski definition) is 3. The number of carbonyl (C=O) groups excluding carboxylic acids is 1. The Kier molecular flexibility index (Phi) is 5.61. The molecule has 0 atom stereocenters. The summed E-state index contributed by atoms with van der Waals surface area (Å²) < 4.78 is 0. The van der Waals surface area contributed by atoms with Gasteiger partial charge in [0.25, 0.3) is 0 Å². The van der Waals surface area contributed by atoms with Crippen LogP contribution in [0.1, 0.15) is 37.8 Å². The number of rotatable bonds is 8. The zero-order chi connectivity index (χ0) is 18.7. The lowest BCUT2D eigenvalue weighted by Crippen LogP contribution is -2.55. The van der Waals surface area contributed by atoms with Crippen LogP contribution in [-0.2, 0) is 22.4 Å². The second kappa shape index (κ2) is 7.91. The normalized spacial score (nSPS) is 19.5. The van der Waals surface area contributed by atoms with Gasteiger partial charge < -0.3 is 15.4 Å². The summed E-state index contributed by atoms with van der Waals surface area (Å²) in [5.74, 6) is -0.775. The van der Waals surface area contributed by atoms with Crippen molar-refractivity contribution in [2.45, 2.75) is 51.6 Å². The van der Waals surface area contributed by atoms with Crippen molar-refractivity contribution in [3.8, 4) is 0 Å². The number of carbonyl (C=O) groups is 2. The van der Waals surface area contributed by atoms with Crippen LogP contribution in [0.3, 0.4) is 0 Å². The molecule has 6 heteroatoms. The van der Waals surface area contributed by atoms with Crippen LogP contribution in [0.5, 0.6) is 0 Å². The molecule has 1 aliphatic carbocycles. The van der Waals surface area contributed by atoms with Gasteiger partial charge in [-0.15, -0.1) is 0 Å². The number of aryl methyl sites for hydroxylation is 1. The predicted octanol–water partition coefficient (Wildman–Crippen LogP) is 2.33. The first-order valence-corrected chi connectivity index (χ1v) is 9.34. The third-order valence-electron chi connectivity index (χ3n) is 5.36. The van der Waals surface area contributed by atoms with Crippen LogP contribution in [0.25, 0.3) is 10.9 Å². The molecule has 0 aliphatic heterocycles. The molecule has 1 saturated carbocycles. The highest BCUT2D eigenvalue weighted by molar-refractivity contribution is 5.90. The SMILES string of the molecule is CCc1cccc2c(CC(=O)NC3CC(N(CC)CC(=O)O)C3)c[nH]c12. The zero-order valence-corrected chi connectivity index (χ0v) is 15.4. The molecule has 0 spiro atoms. The van der Waals surface area contributed by atoms with Gasteiger partial charge in [-0.25, -0.2) is 0 Å². The number of fused-ring (bicyclic) bond motifs is 1. The summed E-state index contributed by atoms with van der Waals surface area (Å²) in [4.78, 5) is 28.5. The minimum absolute atomic E-state index is 0.0255. The first-order valence-electron chi connectivity index (χ1n) is 9.34. The van der Waals surface area contributed by atoms with Crippen molar-refractivity contribution in [1.82, 2.24) is 15.2 Å². The van der Waals surface area contributed by atoms with Crippen LogP contribution < -0.4 is 5.32 Å². The number of carboxylic acid groups (broad SMARTS) is 1. The van der Waals surface area contributed by atoms with Crippen LogP contribution in [-0.4, -0.2) is 52.0 Å². The van der Waals surface area contributed by atoms with Crippen LogP contribution in [0, 0.1) is 0 Å². The fourth-order valence-electron chi connectivity index (χ4n) is 3.84. The van der Waals surface area contributed by atoms with Crippen LogP contribution in [0.2, 0.25) is 0 Å². The average molecular weight is 357 g/mol. The standard InChI is InChI=1S/C20H27N3O3/c1-3-13-6-5-7-17-14(11-21-20(13)17)8-18(24)22-15-9-16(10-15)23(4-2)12-19(25)26/h5-7,11,15-16,21H,3-4,8-10,12H2,1-2H3,(H,22,24)(H,25,26). The van der Waals surface area contributed by atoms with E-state index in [1.54, 1.807) is 0 Å². The van der Waals surface area contributed by atoms with Crippen molar-refractivity contribution in [3.05, 3.63) is 35.5 Å². The number of benzene rings is 1. The highest BCUT2D eigenvalue weighted by Gasteiger charge is 2.34. The number of aromatic amines is 1. The Balaban J connectivity index is 1.54. The van der Waals surface area contributed by atoms with E-state index in [9.17, 15) is 9.59 Å². The lowest BCUT2D eigenvalue weighted by Gasteiger charge is -2.42. The Morgan fingerprint density at radius 3 is 2.69 bits per heavy atom. The van der Waals surface area contributed by atoms with E-state index in [1.807, 2.05) is 24.1 Å². The van der Waals surface area contributed by atoms with Crippen molar-refractivity contribution in [2.75, 3.05) is 13.1 Å². The van der Waals surface area contributed by atoms with Crippen molar-refractivity contribution in [1.29, 1.82) is 0 Å². The predicted molar refractivity (Wildman–Crippen MR) is 101 cm³/mol. The van der Waals surface area contributed by atoms with E-state index in [0.717, 1.165) is 35.7 Å². The third kappa shape index (κ3) is 3.90. The number of hydrogen-bond donors (Lipinski definition) is 3. The van der Waals surface area contributed by atoms with Gasteiger partial charge in [-0.05, 0) is 36.9 Å². The number of para-hydroxylation sites is 1. The molecule has 1 aliphatic rings. The monoisotopic (exact) mass is 357 g/mol. The molecule has 0 radical (unpaired) electrons. The summed E-state index contributed by atoms with van der Waals surface area (Å²) in [6.07, 6.45) is 4.89. The number of nitrogens with one attached hydrogen (secondary N) is 2. The van der Waals surface area contributed by atoms with Crippen molar-refractivity contribution >= 4 is 22.8 Å². The molecule has 140 valence electrons. The van der Waals surface area contributed by atoms with Crippen molar-refractivity contribution in [2.24, 2.45) is 0 Å². The molecule has 3 N–H and O–H groups in total. The van der Waals surface area contributed by atoms with Gasteiger partial charge in [0.15, 0.2) is 0 Å². The molecule has 6 nitrogen and oxygen atoms in total. The second-order valence-electron chi connectivity index (χ2n) is 7.03. The molecular weight excluding hydrogens is 330 g/mol. The summed E-state index contributed by atoms with van der Waals surface area (Å²) in [5.41, 5.74) is 3.40. The van der Waals surface area contributed by atoms with E-state index >= 15 is 0 Å². The highest BCUT2D eigenvalue weighted by Crippen LogP contribution is 2.26. The largest absolute Gasteiger partial charge is 0.480 e. The molecule has 2 aromatic rings. The Bertz CT molecular complexity index is 793. The lowest BCUT2D eigenvalue weighted by atomic mass is 9.85. The fourth-order valence-corrected chi connectivity index (χ4v) is 3.84. The number of aliphatic carboxylic acids is 1. The van der Waals surface area contributed by atoms with Gasteiger partial charge in [0, 0.05) is 29.2 Å². The Labute approximate surface area is 153 Å². The second-order valence-corrected chi connectivity index (χ2v) is 7.03. The van der Waals surface area contributed by atoms with Crippen LogP contribution >= 0.6 is 0 Å². The molecule has 1 aromatic heterocycles. The summed E-state index contributed by atoms with van der Waals surface area (Å²) in [7, 11) is 0. The zero-order valence-electron chi connectivity index (χ0n) is 15.4. The van der Waals surface area contributed by atoms with Gasteiger partial charge in [0.1, 0.15) is 0 Å². The number of amides is 1. The summed E-state index contributed by atoms with van der Waals surface area (Å²) in [5, 5.41) is 13.1. The summed E-state index contributed by atoms with van der Waals surface area (Å²) in [6.45, 7) is 4.87. The van der Waals surface area contributed by atoms with Gasteiger partial charge >= 0.3 is 5.97 Å². The summed E-state index contributed by atoms with van der Waals surface area (Å²) >= 11 is 0. The van der Waals surface area contributed by atoms with Gasteiger partial charge in [-0.3, -0.25) is 14.5 Å². The molecule has 1 fully saturated rings. The van der Waals surface area contributed by atoms with Crippen molar-refractivity contribution < 1.29 is 14.7 Å². The number of H-pyrrole nitrogens is 1. The highest BCUT2D eigenvalue weighted by atomic mass is 16.4. The molecule has 1 heterocycles. The van der Waals surface area contributed by atoms with Crippen LogP contribution in [0.4, 0.5) is 0 Å². The maximum atomic E-state index is 12.4. The smallest absolute Gasteiger partial charge is 0.317 e. The Hall–Kier alpha value is -2.34. The maximum absolute atomic E-state index is 12.4. The van der Waals surface area contributed by atoms with Gasteiger partial charge in [-0.2, -0.15) is 0 Å². The van der Waals surface area contributed by atoms with E-state index in [-0.39, 0.29) is 24.5 Å². The van der Waals surface area contributed by atoms with Crippen LogP contribution in [0.15, 0.2) is 24.4 Å². The number of nitrogens with zero attached hydrogens (tertiary/aromatic N) is 1. The average Bonchev–Trinajstić information content (AvgIpc) is 2.98. The number of likely N-dealkylation sites (N-methyl/N-ethyl adjacent to an activating group) is 1. The molecule has 26 heavy (non-hydrogen) atoms. The lowest BCUT2D eigenvalue weighted by molar-refractivity contribution is -0.139. The van der Waals surface area contributed by atoms with E-state index in [4.69, 9.17) is 5.11 Å². The Morgan fingerprint density at radius 1 is 1.27 bits per heavy atom. The van der Waals surface area contributed by atoms with E-state index in [0.29, 0.717) is 13.0 Å².